The maximum absolute atomic E-state index is 10.5. The predicted octanol–water partition coefficient (Wildman–Crippen LogP) is 4.50. The van der Waals surface area contributed by atoms with Gasteiger partial charge in [0.25, 0.3) is 0 Å². The molecule has 4 rings (SSSR count). The average Bonchev–Trinajstić information content (AvgIpc) is 2.73. The van der Waals surface area contributed by atoms with Crippen molar-refractivity contribution in [2.75, 3.05) is 26.7 Å². The lowest BCUT2D eigenvalue weighted by Crippen LogP contribution is -2.55. The number of piperidine rings is 1. The molecule has 2 heterocycles. The maximum Gasteiger partial charge on any atom is 0.120 e. The quantitative estimate of drug-likeness (QED) is 0.709. The van der Waals surface area contributed by atoms with Crippen LogP contribution in [0.2, 0.25) is 0 Å². The molecule has 0 aliphatic carbocycles. The van der Waals surface area contributed by atoms with Gasteiger partial charge in [-0.2, -0.15) is 0 Å². The van der Waals surface area contributed by atoms with E-state index in [9.17, 15) is 5.11 Å². The largest absolute Gasteiger partial charge is 0.508 e. The van der Waals surface area contributed by atoms with Crippen molar-refractivity contribution in [3.05, 3.63) is 58.1 Å². The lowest BCUT2D eigenvalue weighted by Gasteiger charge is -2.44. The summed E-state index contributed by atoms with van der Waals surface area (Å²) >= 11 is 3.55. The molecule has 2 aromatic carbocycles. The van der Waals surface area contributed by atoms with Crippen molar-refractivity contribution in [3.8, 4) is 11.5 Å². The van der Waals surface area contributed by atoms with E-state index in [1.807, 2.05) is 31.2 Å². The summed E-state index contributed by atoms with van der Waals surface area (Å²) in [4.78, 5) is 7.57. The van der Waals surface area contributed by atoms with Gasteiger partial charge in [0.1, 0.15) is 17.2 Å². The van der Waals surface area contributed by atoms with Crippen LogP contribution in [0.25, 0.3) is 0 Å². The maximum atomic E-state index is 10.5. The number of halogens is 1. The molecule has 1 fully saturated rings. The van der Waals surface area contributed by atoms with E-state index in [0.29, 0.717) is 12.4 Å². The van der Waals surface area contributed by atoms with Crippen molar-refractivity contribution in [1.29, 1.82) is 0 Å². The summed E-state index contributed by atoms with van der Waals surface area (Å²) in [7, 11) is 2.16. The normalized spacial score (nSPS) is 21.8. The molecule has 1 atom stereocenters. The number of nitrogens with one attached hydrogen (secondary N) is 1. The van der Waals surface area contributed by atoms with Gasteiger partial charge in [-0.25, -0.2) is 0 Å². The summed E-state index contributed by atoms with van der Waals surface area (Å²) in [5, 5.41) is 14.3. The highest BCUT2D eigenvalue weighted by Gasteiger charge is 2.40. The molecule has 0 aromatic heterocycles. The molecule has 0 bridgehead atoms. The van der Waals surface area contributed by atoms with Crippen molar-refractivity contribution in [2.45, 2.75) is 37.9 Å². The first-order chi connectivity index (χ1) is 14.0. The Morgan fingerprint density at radius 3 is 2.62 bits per heavy atom. The van der Waals surface area contributed by atoms with Gasteiger partial charge in [0.05, 0.1) is 6.61 Å². The summed E-state index contributed by atoms with van der Waals surface area (Å²) in [5.74, 6) is 1.20. The molecular formula is C23H28BrN3O2. The molecule has 0 saturated carbocycles. The monoisotopic (exact) mass is 457 g/mol. The fraction of sp³-hybridized carbons (Fsp3) is 0.435. The van der Waals surface area contributed by atoms with Crippen molar-refractivity contribution in [2.24, 2.45) is 4.99 Å². The number of hydrogen-bond acceptors (Lipinski definition) is 5. The van der Waals surface area contributed by atoms with E-state index >= 15 is 0 Å². The molecular weight excluding hydrogens is 430 g/mol. The number of hydrogen-bond donors (Lipinski definition) is 2. The minimum atomic E-state index is -0.294. The molecule has 2 N–H and O–H groups in total. The molecule has 0 radical (unpaired) electrons. The molecule has 2 aromatic rings. The minimum Gasteiger partial charge on any atom is -0.508 e. The number of aliphatic imine (C=N–C) groups is 1. The third-order valence-corrected chi connectivity index (χ3v) is 6.36. The van der Waals surface area contributed by atoms with Crippen LogP contribution in [0.15, 0.2) is 51.9 Å². The SMILES string of the molecule is CCOc1ccc(C2=NC3(CCN(C)CC3)NC(c3cc(Br)ccc3O)C2)cc1. The second kappa shape index (κ2) is 8.46. The summed E-state index contributed by atoms with van der Waals surface area (Å²) in [6.45, 7) is 4.66. The average molecular weight is 458 g/mol. The molecule has 2 aliphatic heterocycles. The Balaban J connectivity index is 1.70. The molecule has 154 valence electrons. The summed E-state index contributed by atoms with van der Waals surface area (Å²) in [5.41, 5.74) is 2.82. The summed E-state index contributed by atoms with van der Waals surface area (Å²) in [6.07, 6.45) is 2.64. The zero-order chi connectivity index (χ0) is 20.4. The number of aromatic hydroxyl groups is 1. The molecule has 5 nitrogen and oxygen atoms in total. The molecule has 6 heteroatoms. The lowest BCUT2D eigenvalue weighted by molar-refractivity contribution is 0.144. The Bertz CT molecular complexity index is 889. The fourth-order valence-corrected chi connectivity index (χ4v) is 4.61. The van der Waals surface area contributed by atoms with Crippen LogP contribution in [-0.2, 0) is 0 Å². The second-order valence-electron chi connectivity index (χ2n) is 7.95. The third-order valence-electron chi connectivity index (χ3n) is 5.87. The van der Waals surface area contributed by atoms with Crippen LogP contribution in [0.4, 0.5) is 0 Å². The van der Waals surface area contributed by atoms with Gasteiger partial charge in [-0.15, -0.1) is 0 Å². The number of nitrogens with zero attached hydrogens (tertiary/aromatic N) is 2. The molecule has 29 heavy (non-hydrogen) atoms. The molecule has 1 saturated heterocycles. The standard InChI is InChI=1S/C23H28BrN3O2/c1-3-29-18-7-4-16(5-8-18)20-15-21(19-14-17(24)6-9-22(19)28)26-23(25-20)10-12-27(2)13-11-23/h4-9,14,21,26,28H,3,10-13,15H2,1-2H3. The minimum absolute atomic E-state index is 0.00924. The van der Waals surface area contributed by atoms with Gasteiger partial charge in [0, 0.05) is 41.3 Å². The van der Waals surface area contributed by atoms with Gasteiger partial charge in [0.15, 0.2) is 0 Å². The molecule has 1 unspecified atom stereocenters. The fourth-order valence-electron chi connectivity index (χ4n) is 4.23. The van der Waals surface area contributed by atoms with Crippen LogP contribution >= 0.6 is 15.9 Å². The van der Waals surface area contributed by atoms with E-state index in [4.69, 9.17) is 9.73 Å². The topological polar surface area (TPSA) is 57.1 Å². The van der Waals surface area contributed by atoms with Crippen LogP contribution in [0, 0.1) is 0 Å². The predicted molar refractivity (Wildman–Crippen MR) is 120 cm³/mol. The van der Waals surface area contributed by atoms with Gasteiger partial charge in [0.2, 0.25) is 0 Å². The zero-order valence-corrected chi connectivity index (χ0v) is 18.6. The van der Waals surface area contributed by atoms with Crippen LogP contribution in [0.5, 0.6) is 11.5 Å². The Morgan fingerprint density at radius 2 is 1.93 bits per heavy atom. The van der Waals surface area contributed by atoms with E-state index in [2.05, 4.69) is 45.3 Å². The lowest BCUT2D eigenvalue weighted by atomic mass is 9.87. The van der Waals surface area contributed by atoms with E-state index in [1.165, 1.54) is 0 Å². The Kier molecular flexibility index (Phi) is 5.95. The molecule has 1 spiro atoms. The van der Waals surface area contributed by atoms with E-state index in [0.717, 1.165) is 59.4 Å². The number of benzene rings is 2. The van der Waals surface area contributed by atoms with E-state index in [-0.39, 0.29) is 11.7 Å². The van der Waals surface area contributed by atoms with Crippen LogP contribution in [-0.4, -0.2) is 48.1 Å². The van der Waals surface area contributed by atoms with Crippen LogP contribution < -0.4 is 10.1 Å². The first kappa shape index (κ1) is 20.4. The highest BCUT2D eigenvalue weighted by molar-refractivity contribution is 9.10. The van der Waals surface area contributed by atoms with Crippen LogP contribution in [0.3, 0.4) is 0 Å². The first-order valence-corrected chi connectivity index (χ1v) is 11.0. The summed E-state index contributed by atoms with van der Waals surface area (Å²) in [6, 6.07) is 13.9. The number of phenols is 1. The first-order valence-electron chi connectivity index (χ1n) is 10.2. The van der Waals surface area contributed by atoms with E-state index in [1.54, 1.807) is 6.07 Å². The van der Waals surface area contributed by atoms with Gasteiger partial charge in [-0.05, 0) is 74.8 Å². The number of phenolic OH excluding ortho intramolecular Hbond substituents is 1. The highest BCUT2D eigenvalue weighted by Crippen LogP contribution is 2.38. The smallest absolute Gasteiger partial charge is 0.120 e. The summed E-state index contributed by atoms with van der Waals surface area (Å²) < 4.78 is 6.56. The van der Waals surface area contributed by atoms with Crippen molar-refractivity contribution >= 4 is 21.6 Å². The van der Waals surface area contributed by atoms with Crippen LogP contribution in [0.1, 0.15) is 43.4 Å². The van der Waals surface area contributed by atoms with Gasteiger partial charge >= 0.3 is 0 Å². The van der Waals surface area contributed by atoms with E-state index < -0.39 is 0 Å². The Morgan fingerprint density at radius 1 is 1.21 bits per heavy atom. The van der Waals surface area contributed by atoms with Gasteiger partial charge < -0.3 is 14.7 Å². The number of ether oxygens (including phenoxy) is 1. The Labute approximate surface area is 180 Å². The van der Waals surface area contributed by atoms with Crippen molar-refractivity contribution in [1.82, 2.24) is 10.2 Å². The second-order valence-corrected chi connectivity index (χ2v) is 8.87. The van der Waals surface area contributed by atoms with Crippen molar-refractivity contribution < 1.29 is 9.84 Å². The van der Waals surface area contributed by atoms with Crippen molar-refractivity contribution in [3.63, 3.8) is 0 Å². The van der Waals surface area contributed by atoms with Gasteiger partial charge in [-0.1, -0.05) is 15.9 Å². The highest BCUT2D eigenvalue weighted by atomic mass is 79.9. The van der Waals surface area contributed by atoms with Gasteiger partial charge in [-0.3, -0.25) is 10.3 Å². The number of rotatable bonds is 4. The Hall–Kier alpha value is -1.89. The third kappa shape index (κ3) is 4.49. The zero-order valence-electron chi connectivity index (χ0n) is 17.0. The molecule has 2 aliphatic rings. The molecule has 0 amide bonds. The number of likely N-dealkylation sites (tertiary alicyclic amines) is 1.